The Morgan fingerprint density at radius 3 is 2.35 bits per heavy atom. The van der Waals surface area contributed by atoms with Crippen molar-refractivity contribution >= 4 is 43.4 Å². The van der Waals surface area contributed by atoms with Gasteiger partial charge in [-0.2, -0.15) is 0 Å². The number of anilines is 2. The molecule has 0 atom stereocenters. The van der Waals surface area contributed by atoms with E-state index in [1.165, 1.54) is 5.56 Å². The van der Waals surface area contributed by atoms with E-state index in [1.54, 1.807) is 0 Å². The second-order valence-electron chi connectivity index (χ2n) is 5.74. The molecule has 106 valence electrons. The second-order valence-corrected chi connectivity index (χ2v) is 7.41. The van der Waals surface area contributed by atoms with Crippen molar-refractivity contribution in [3.05, 3.63) is 44.7 Å². The highest BCUT2D eigenvalue weighted by Gasteiger charge is 2.18. The third kappa shape index (κ3) is 3.79. The first kappa shape index (κ1) is 15.4. The molecule has 0 aliphatic heterocycles. The highest BCUT2D eigenvalue weighted by molar-refractivity contribution is 9.10. The topological polar surface area (TPSA) is 37.8 Å². The van der Waals surface area contributed by atoms with Crippen LogP contribution in [0.15, 0.2) is 33.3 Å². The molecule has 1 heterocycles. The second kappa shape index (κ2) is 5.82. The van der Waals surface area contributed by atoms with E-state index in [-0.39, 0.29) is 5.41 Å². The molecular formula is C15H17Br2N3. The van der Waals surface area contributed by atoms with Crippen LogP contribution in [0.5, 0.6) is 0 Å². The molecule has 0 aliphatic carbocycles. The number of nitrogens with zero attached hydrogens (tertiary/aromatic N) is 2. The summed E-state index contributed by atoms with van der Waals surface area (Å²) < 4.78 is 1.86. The summed E-state index contributed by atoms with van der Waals surface area (Å²) in [5.41, 5.74) is 2.11. The van der Waals surface area contributed by atoms with Gasteiger partial charge in [0.1, 0.15) is 16.2 Å². The Morgan fingerprint density at radius 2 is 1.75 bits per heavy atom. The smallest absolute Gasteiger partial charge is 0.137 e. The average molecular weight is 399 g/mol. The molecule has 1 N–H and O–H groups in total. The summed E-state index contributed by atoms with van der Waals surface area (Å²) in [6.45, 7) is 8.36. The van der Waals surface area contributed by atoms with Gasteiger partial charge in [-0.25, -0.2) is 9.97 Å². The Hall–Kier alpha value is -0.940. The highest BCUT2D eigenvalue weighted by atomic mass is 79.9. The maximum Gasteiger partial charge on any atom is 0.137 e. The number of benzene rings is 1. The van der Waals surface area contributed by atoms with Gasteiger partial charge in [-0.1, -0.05) is 42.8 Å². The number of hydrogen-bond acceptors (Lipinski definition) is 3. The maximum atomic E-state index is 4.58. The normalized spacial score (nSPS) is 11.5. The molecule has 0 aliphatic rings. The highest BCUT2D eigenvalue weighted by Crippen LogP contribution is 2.26. The zero-order valence-electron chi connectivity index (χ0n) is 12.0. The number of hydrogen-bond donors (Lipinski definition) is 1. The molecule has 0 saturated heterocycles. The molecule has 0 fully saturated rings. The summed E-state index contributed by atoms with van der Waals surface area (Å²) in [5, 5.41) is 3.31. The summed E-state index contributed by atoms with van der Waals surface area (Å²) >= 11 is 6.98. The lowest BCUT2D eigenvalue weighted by atomic mass is 9.96. The van der Waals surface area contributed by atoms with Gasteiger partial charge in [-0.15, -0.1) is 0 Å². The van der Waals surface area contributed by atoms with E-state index in [2.05, 4.69) is 80.9 Å². The zero-order chi connectivity index (χ0) is 14.9. The van der Waals surface area contributed by atoms with Crippen molar-refractivity contribution in [3.63, 3.8) is 0 Å². The van der Waals surface area contributed by atoms with Crippen LogP contribution < -0.4 is 5.32 Å². The van der Waals surface area contributed by atoms with Crippen LogP contribution in [0.4, 0.5) is 11.5 Å². The third-order valence-electron chi connectivity index (χ3n) is 2.81. The van der Waals surface area contributed by atoms with E-state index in [1.807, 2.05) is 18.2 Å². The van der Waals surface area contributed by atoms with E-state index in [0.717, 1.165) is 26.4 Å². The predicted octanol–water partition coefficient (Wildman–Crippen LogP) is 5.35. The molecule has 2 aromatic rings. The lowest BCUT2D eigenvalue weighted by Crippen LogP contribution is -2.16. The summed E-state index contributed by atoms with van der Waals surface area (Å²) in [4.78, 5) is 9.02. The minimum Gasteiger partial charge on any atom is -0.340 e. The first-order chi connectivity index (χ1) is 9.25. The number of rotatable bonds is 2. The summed E-state index contributed by atoms with van der Waals surface area (Å²) in [7, 11) is 0. The Balaban J connectivity index is 2.33. The molecule has 3 nitrogen and oxygen atoms in total. The fourth-order valence-corrected chi connectivity index (χ4v) is 2.40. The van der Waals surface area contributed by atoms with Gasteiger partial charge in [-0.05, 0) is 40.5 Å². The van der Waals surface area contributed by atoms with Crippen molar-refractivity contribution in [2.75, 3.05) is 5.32 Å². The van der Waals surface area contributed by atoms with Gasteiger partial charge in [0.15, 0.2) is 0 Å². The van der Waals surface area contributed by atoms with Crippen molar-refractivity contribution in [2.24, 2.45) is 0 Å². The lowest BCUT2D eigenvalue weighted by Gasteiger charge is -2.18. The van der Waals surface area contributed by atoms with Crippen LogP contribution in [0.3, 0.4) is 0 Å². The molecule has 1 aromatic carbocycles. The van der Waals surface area contributed by atoms with E-state index >= 15 is 0 Å². The van der Waals surface area contributed by atoms with Crippen molar-refractivity contribution in [3.8, 4) is 0 Å². The number of aryl methyl sites for hydroxylation is 1. The molecule has 0 saturated carbocycles. The van der Waals surface area contributed by atoms with Crippen LogP contribution >= 0.6 is 31.9 Å². The molecule has 0 bridgehead atoms. The van der Waals surface area contributed by atoms with Crippen LogP contribution in [-0.2, 0) is 5.41 Å². The van der Waals surface area contributed by atoms with Crippen molar-refractivity contribution in [2.45, 2.75) is 33.1 Å². The average Bonchev–Trinajstić information content (AvgIpc) is 2.32. The van der Waals surface area contributed by atoms with Gasteiger partial charge in [0.05, 0.1) is 0 Å². The van der Waals surface area contributed by atoms with Crippen LogP contribution in [0.25, 0.3) is 0 Å². The minimum absolute atomic E-state index is 0.0892. The van der Waals surface area contributed by atoms with Crippen LogP contribution in [0.1, 0.15) is 32.2 Å². The van der Waals surface area contributed by atoms with Crippen molar-refractivity contribution in [1.82, 2.24) is 9.97 Å². The fraction of sp³-hybridized carbons (Fsp3) is 0.333. The Morgan fingerprint density at radius 1 is 1.05 bits per heavy atom. The predicted molar refractivity (Wildman–Crippen MR) is 90.6 cm³/mol. The van der Waals surface area contributed by atoms with Gasteiger partial charge in [-0.3, -0.25) is 0 Å². The van der Waals surface area contributed by atoms with Crippen LogP contribution in [0, 0.1) is 6.92 Å². The first-order valence-corrected chi connectivity index (χ1v) is 7.92. The fourth-order valence-electron chi connectivity index (χ4n) is 1.64. The van der Waals surface area contributed by atoms with Crippen LogP contribution in [-0.4, -0.2) is 9.97 Å². The molecule has 20 heavy (non-hydrogen) atoms. The van der Waals surface area contributed by atoms with E-state index in [9.17, 15) is 0 Å². The minimum atomic E-state index is -0.0892. The molecule has 1 aromatic heterocycles. The van der Waals surface area contributed by atoms with Gasteiger partial charge in [0.2, 0.25) is 0 Å². The van der Waals surface area contributed by atoms with Gasteiger partial charge in [0, 0.05) is 21.6 Å². The summed E-state index contributed by atoms with van der Waals surface area (Å²) in [6, 6.07) is 8.02. The SMILES string of the molecule is Cc1ccc(Nc2cc(Br)nc(C(C)(C)C)n2)cc1Br. The zero-order valence-corrected chi connectivity index (χ0v) is 15.1. The van der Waals surface area contributed by atoms with Gasteiger partial charge >= 0.3 is 0 Å². The lowest BCUT2D eigenvalue weighted by molar-refractivity contribution is 0.544. The molecule has 0 unspecified atom stereocenters. The standard InChI is InChI=1S/C15H17Br2N3/c1-9-5-6-10(7-11(9)16)18-13-8-12(17)19-14(20-13)15(2,3)4/h5-8H,1-4H3,(H,18,19,20). The van der Waals surface area contributed by atoms with Crippen molar-refractivity contribution < 1.29 is 0 Å². The summed E-state index contributed by atoms with van der Waals surface area (Å²) in [5.74, 6) is 1.59. The van der Waals surface area contributed by atoms with E-state index in [4.69, 9.17) is 0 Å². The van der Waals surface area contributed by atoms with E-state index < -0.39 is 0 Å². The van der Waals surface area contributed by atoms with E-state index in [0.29, 0.717) is 0 Å². The molecule has 0 spiro atoms. The molecule has 5 heteroatoms. The van der Waals surface area contributed by atoms with Crippen molar-refractivity contribution in [1.29, 1.82) is 0 Å². The number of aromatic nitrogens is 2. The molecule has 2 rings (SSSR count). The molecule has 0 radical (unpaired) electrons. The third-order valence-corrected chi connectivity index (χ3v) is 4.07. The van der Waals surface area contributed by atoms with Gasteiger partial charge in [0.25, 0.3) is 0 Å². The van der Waals surface area contributed by atoms with Gasteiger partial charge < -0.3 is 5.32 Å². The number of halogens is 2. The largest absolute Gasteiger partial charge is 0.340 e. The Bertz CT molecular complexity index is 634. The first-order valence-electron chi connectivity index (χ1n) is 6.34. The molecule has 0 amide bonds. The summed E-state index contributed by atoms with van der Waals surface area (Å²) in [6.07, 6.45) is 0. The monoisotopic (exact) mass is 397 g/mol. The molecular weight excluding hydrogens is 382 g/mol. The quantitative estimate of drug-likeness (QED) is 0.692. The maximum absolute atomic E-state index is 4.58. The Kier molecular flexibility index (Phi) is 4.49. The van der Waals surface area contributed by atoms with Crippen LogP contribution in [0.2, 0.25) is 0 Å². The number of nitrogens with one attached hydrogen (secondary N) is 1. The Labute approximate surface area is 136 Å².